The predicted molar refractivity (Wildman–Crippen MR) is 124 cm³/mol. The van der Waals surface area contributed by atoms with Gasteiger partial charge in [-0.3, -0.25) is 9.69 Å². The predicted octanol–water partition coefficient (Wildman–Crippen LogP) is 4.38. The van der Waals surface area contributed by atoms with E-state index in [1.807, 2.05) is 12.1 Å². The van der Waals surface area contributed by atoms with E-state index in [0.29, 0.717) is 41.0 Å². The van der Waals surface area contributed by atoms with Gasteiger partial charge in [0.1, 0.15) is 0 Å². The highest BCUT2D eigenvalue weighted by Gasteiger charge is 2.34. The van der Waals surface area contributed by atoms with Crippen molar-refractivity contribution in [3.05, 3.63) is 75.7 Å². The third-order valence-corrected chi connectivity index (χ3v) is 5.74. The summed E-state index contributed by atoms with van der Waals surface area (Å²) in [5.41, 5.74) is 1.98. The number of carbonyl (C=O) groups excluding carboxylic acids is 3. The number of thioether (sulfide) groups is 1. The lowest BCUT2D eigenvalue weighted by molar-refractivity contribution is -0.135. The number of hydrogen-bond donors (Lipinski definition) is 0. The molecular weight excluding hydrogens is 452 g/mol. The minimum Gasteiger partial charge on any atom is -0.466 e. The van der Waals surface area contributed by atoms with Crippen molar-refractivity contribution in [2.45, 2.75) is 13.3 Å². The molecule has 0 radical (unpaired) electrons. The minimum absolute atomic E-state index is 0.231. The highest BCUT2D eigenvalue weighted by Crippen LogP contribution is 2.33. The van der Waals surface area contributed by atoms with E-state index in [1.165, 1.54) is 12.0 Å². The molecule has 0 aromatic heterocycles. The number of esters is 2. The van der Waals surface area contributed by atoms with Crippen molar-refractivity contribution in [3.8, 4) is 0 Å². The number of amidine groups is 1. The van der Waals surface area contributed by atoms with E-state index in [0.717, 1.165) is 23.4 Å². The second-order valence-corrected chi connectivity index (χ2v) is 8.07. The molecule has 3 rings (SSSR count). The summed E-state index contributed by atoms with van der Waals surface area (Å²) in [6, 6.07) is 13.9. The fourth-order valence-corrected chi connectivity index (χ4v) is 3.95. The Balaban J connectivity index is 1.84. The first-order valence-electron chi connectivity index (χ1n) is 9.81. The van der Waals surface area contributed by atoms with Crippen LogP contribution in [-0.2, 0) is 25.5 Å². The Hall–Kier alpha value is -3.10. The summed E-state index contributed by atoms with van der Waals surface area (Å²) < 4.78 is 9.63. The van der Waals surface area contributed by atoms with Crippen LogP contribution in [0.15, 0.2) is 64.5 Å². The normalized spacial score (nSPS) is 16.0. The summed E-state index contributed by atoms with van der Waals surface area (Å²) in [4.78, 5) is 42.7. The van der Waals surface area contributed by atoms with E-state index in [9.17, 15) is 14.4 Å². The zero-order valence-corrected chi connectivity index (χ0v) is 19.1. The molecule has 0 bridgehead atoms. The Kier molecular flexibility index (Phi) is 8.08. The molecule has 9 heteroatoms. The molecule has 7 nitrogen and oxygen atoms in total. The van der Waals surface area contributed by atoms with E-state index < -0.39 is 11.9 Å². The third kappa shape index (κ3) is 5.99. The van der Waals surface area contributed by atoms with E-state index >= 15 is 0 Å². The van der Waals surface area contributed by atoms with Crippen molar-refractivity contribution in [1.82, 2.24) is 4.90 Å². The van der Waals surface area contributed by atoms with Gasteiger partial charge in [-0.25, -0.2) is 14.6 Å². The van der Waals surface area contributed by atoms with E-state index in [2.05, 4.69) is 9.73 Å². The molecular formula is C23H21ClN2O5S. The van der Waals surface area contributed by atoms with Gasteiger partial charge in [-0.15, -0.1) is 0 Å². The van der Waals surface area contributed by atoms with Crippen LogP contribution >= 0.6 is 23.4 Å². The fraction of sp³-hybridized carbons (Fsp3) is 0.217. The summed E-state index contributed by atoms with van der Waals surface area (Å²) in [5.74, 6) is -1.35. The SMILES string of the molecule is CCOC(=O)c1ccc(N=C2S/C(=C/C(=O)OC)C(=O)N2CCc2ccc(Cl)cc2)cc1. The molecule has 2 aromatic rings. The molecule has 1 heterocycles. The summed E-state index contributed by atoms with van der Waals surface area (Å²) in [6.07, 6.45) is 1.74. The quantitative estimate of drug-likeness (QED) is 0.439. The van der Waals surface area contributed by atoms with Crippen molar-refractivity contribution < 1.29 is 23.9 Å². The number of methoxy groups -OCH3 is 1. The largest absolute Gasteiger partial charge is 0.466 e. The summed E-state index contributed by atoms with van der Waals surface area (Å²) in [6.45, 7) is 2.40. The van der Waals surface area contributed by atoms with Gasteiger partial charge in [0.25, 0.3) is 5.91 Å². The van der Waals surface area contributed by atoms with Gasteiger partial charge in [0.05, 0.1) is 29.9 Å². The van der Waals surface area contributed by atoms with Crippen LogP contribution in [-0.4, -0.2) is 48.2 Å². The number of rotatable bonds is 7. The minimum atomic E-state index is -0.612. The number of benzene rings is 2. The molecule has 0 unspecified atom stereocenters. The van der Waals surface area contributed by atoms with Crippen LogP contribution in [0.4, 0.5) is 5.69 Å². The lowest BCUT2D eigenvalue weighted by atomic mass is 10.1. The molecule has 0 N–H and O–H groups in total. The molecule has 32 heavy (non-hydrogen) atoms. The Bertz CT molecular complexity index is 1060. The summed E-state index contributed by atoms with van der Waals surface area (Å²) >= 11 is 7.03. The van der Waals surface area contributed by atoms with Crippen LogP contribution < -0.4 is 0 Å². The lowest BCUT2D eigenvalue weighted by Crippen LogP contribution is -2.31. The highest BCUT2D eigenvalue weighted by atomic mass is 35.5. The third-order valence-electron chi connectivity index (χ3n) is 4.48. The van der Waals surface area contributed by atoms with Gasteiger partial charge in [-0.05, 0) is 67.1 Å². The van der Waals surface area contributed by atoms with Crippen LogP contribution in [0.3, 0.4) is 0 Å². The zero-order valence-electron chi connectivity index (χ0n) is 17.5. The monoisotopic (exact) mass is 472 g/mol. The van der Waals surface area contributed by atoms with Gasteiger partial charge in [0, 0.05) is 17.6 Å². The molecule has 0 saturated carbocycles. The molecule has 166 valence electrons. The molecule has 2 aromatic carbocycles. The average Bonchev–Trinajstić information content (AvgIpc) is 3.07. The van der Waals surface area contributed by atoms with Gasteiger partial charge < -0.3 is 9.47 Å². The number of hydrogen-bond acceptors (Lipinski definition) is 7. The maximum atomic E-state index is 12.9. The highest BCUT2D eigenvalue weighted by molar-refractivity contribution is 8.18. The lowest BCUT2D eigenvalue weighted by Gasteiger charge is -2.15. The van der Waals surface area contributed by atoms with Crippen LogP contribution in [0.2, 0.25) is 5.02 Å². The Morgan fingerprint density at radius 2 is 1.81 bits per heavy atom. The van der Waals surface area contributed by atoms with Crippen LogP contribution in [0.1, 0.15) is 22.8 Å². The topological polar surface area (TPSA) is 85.3 Å². The molecule has 0 aliphatic carbocycles. The zero-order chi connectivity index (χ0) is 23.1. The number of carbonyl (C=O) groups is 3. The number of ether oxygens (including phenoxy) is 2. The maximum Gasteiger partial charge on any atom is 0.338 e. The van der Waals surface area contributed by atoms with Gasteiger partial charge >= 0.3 is 11.9 Å². The molecule has 1 amide bonds. The van der Waals surface area contributed by atoms with Gasteiger partial charge in [-0.2, -0.15) is 0 Å². The van der Waals surface area contributed by atoms with Crippen molar-refractivity contribution in [3.63, 3.8) is 0 Å². The summed E-state index contributed by atoms with van der Waals surface area (Å²) in [5, 5.41) is 1.07. The van der Waals surface area contributed by atoms with E-state index in [-0.39, 0.29) is 10.8 Å². The first-order chi connectivity index (χ1) is 15.4. The van der Waals surface area contributed by atoms with Crippen molar-refractivity contribution >= 4 is 52.1 Å². The first kappa shape index (κ1) is 23.6. The van der Waals surface area contributed by atoms with Crippen LogP contribution in [0, 0.1) is 0 Å². The van der Waals surface area contributed by atoms with Crippen molar-refractivity contribution in [1.29, 1.82) is 0 Å². The fourth-order valence-electron chi connectivity index (χ4n) is 2.84. The van der Waals surface area contributed by atoms with Gasteiger partial charge in [-0.1, -0.05) is 23.7 Å². The molecule has 1 aliphatic heterocycles. The standard InChI is InChI=1S/C23H21ClN2O5S/c1-3-31-22(29)16-6-10-18(11-7-16)25-23-26(13-12-15-4-8-17(24)9-5-15)21(28)19(32-23)14-20(27)30-2/h4-11,14H,3,12-13H2,1-2H3/b19-14+,25-23?. The van der Waals surface area contributed by atoms with Crippen LogP contribution in [0.25, 0.3) is 0 Å². The first-order valence-corrected chi connectivity index (χ1v) is 11.0. The molecule has 0 atom stereocenters. The average molecular weight is 473 g/mol. The Morgan fingerprint density at radius 3 is 2.44 bits per heavy atom. The summed E-state index contributed by atoms with van der Waals surface area (Å²) in [7, 11) is 1.25. The number of halogens is 1. The smallest absolute Gasteiger partial charge is 0.338 e. The number of aliphatic imine (C=N–C) groups is 1. The van der Waals surface area contributed by atoms with Crippen molar-refractivity contribution in [2.75, 3.05) is 20.3 Å². The van der Waals surface area contributed by atoms with Crippen LogP contribution in [0.5, 0.6) is 0 Å². The molecule has 1 aliphatic rings. The number of nitrogens with zero attached hydrogens (tertiary/aromatic N) is 2. The van der Waals surface area contributed by atoms with E-state index in [4.69, 9.17) is 16.3 Å². The van der Waals surface area contributed by atoms with Crippen molar-refractivity contribution in [2.24, 2.45) is 4.99 Å². The Morgan fingerprint density at radius 1 is 1.12 bits per heavy atom. The second kappa shape index (κ2) is 11.0. The molecule has 1 fully saturated rings. The molecule has 1 saturated heterocycles. The second-order valence-electron chi connectivity index (χ2n) is 6.63. The van der Waals surface area contributed by atoms with Gasteiger partial charge in [0.2, 0.25) is 0 Å². The molecule has 0 spiro atoms. The number of amides is 1. The van der Waals surface area contributed by atoms with Gasteiger partial charge in [0.15, 0.2) is 5.17 Å². The van der Waals surface area contributed by atoms with E-state index in [1.54, 1.807) is 43.3 Å². The Labute approximate surface area is 195 Å². The maximum absolute atomic E-state index is 12.9.